The van der Waals surface area contributed by atoms with Crippen molar-refractivity contribution in [1.29, 1.82) is 0 Å². The number of ether oxygens (including phenoxy) is 3. The zero-order valence-corrected chi connectivity index (χ0v) is 16.4. The van der Waals surface area contributed by atoms with Crippen molar-refractivity contribution >= 4 is 17.3 Å². The van der Waals surface area contributed by atoms with E-state index in [9.17, 15) is 0 Å². The lowest BCUT2D eigenvalue weighted by molar-refractivity contribution is 0.395. The average Bonchev–Trinajstić information content (AvgIpc) is 2.72. The van der Waals surface area contributed by atoms with Crippen molar-refractivity contribution in [2.45, 2.75) is 13.5 Å². The Hall–Kier alpha value is -3.48. The normalized spacial score (nSPS) is 10.3. The van der Waals surface area contributed by atoms with Gasteiger partial charge in [0.05, 0.1) is 27.0 Å². The minimum Gasteiger partial charge on any atom is -0.497 e. The molecule has 0 fully saturated rings. The Morgan fingerprint density at radius 1 is 0.786 bits per heavy atom. The van der Waals surface area contributed by atoms with Crippen LogP contribution in [0.4, 0.5) is 17.3 Å². The van der Waals surface area contributed by atoms with Crippen LogP contribution in [0.3, 0.4) is 0 Å². The van der Waals surface area contributed by atoms with Crippen molar-refractivity contribution in [3.8, 4) is 17.2 Å². The van der Waals surface area contributed by atoms with E-state index in [1.807, 2.05) is 55.5 Å². The summed E-state index contributed by atoms with van der Waals surface area (Å²) >= 11 is 0. The SMILES string of the molecule is COc1ccc(CNc2cc(Nc3ccc(OC)cc3OC)nc(C)n2)cc1. The summed E-state index contributed by atoms with van der Waals surface area (Å²) in [6.07, 6.45) is 0. The maximum Gasteiger partial charge on any atom is 0.146 e. The molecule has 28 heavy (non-hydrogen) atoms. The molecule has 0 aliphatic heterocycles. The largest absolute Gasteiger partial charge is 0.497 e. The topological polar surface area (TPSA) is 77.5 Å². The van der Waals surface area contributed by atoms with Gasteiger partial charge in [-0.2, -0.15) is 0 Å². The van der Waals surface area contributed by atoms with Crippen LogP contribution in [-0.4, -0.2) is 31.3 Å². The lowest BCUT2D eigenvalue weighted by Gasteiger charge is -2.13. The molecule has 146 valence electrons. The third-order valence-electron chi connectivity index (χ3n) is 4.14. The molecule has 2 N–H and O–H groups in total. The molecule has 0 spiro atoms. The van der Waals surface area contributed by atoms with E-state index in [0.29, 0.717) is 23.9 Å². The molecule has 0 atom stereocenters. The number of aryl methyl sites for hydroxylation is 1. The number of rotatable bonds is 8. The maximum atomic E-state index is 5.43. The number of nitrogens with zero attached hydrogens (tertiary/aromatic N) is 2. The molecule has 0 unspecified atom stereocenters. The van der Waals surface area contributed by atoms with Crippen molar-refractivity contribution in [3.05, 3.63) is 59.9 Å². The van der Waals surface area contributed by atoms with Crippen molar-refractivity contribution in [2.24, 2.45) is 0 Å². The van der Waals surface area contributed by atoms with Crippen molar-refractivity contribution < 1.29 is 14.2 Å². The van der Waals surface area contributed by atoms with Crippen LogP contribution in [0.5, 0.6) is 17.2 Å². The molecular formula is C21H24N4O3. The summed E-state index contributed by atoms with van der Waals surface area (Å²) in [5.41, 5.74) is 1.92. The van der Waals surface area contributed by atoms with Crippen molar-refractivity contribution in [2.75, 3.05) is 32.0 Å². The van der Waals surface area contributed by atoms with Gasteiger partial charge in [0.1, 0.15) is 34.7 Å². The van der Waals surface area contributed by atoms with E-state index in [4.69, 9.17) is 14.2 Å². The Morgan fingerprint density at radius 3 is 2.14 bits per heavy atom. The molecule has 7 heteroatoms. The number of hydrogen-bond acceptors (Lipinski definition) is 7. The number of benzene rings is 2. The van der Waals surface area contributed by atoms with Crippen LogP contribution in [0.25, 0.3) is 0 Å². The summed E-state index contributed by atoms with van der Waals surface area (Å²) in [6.45, 7) is 2.50. The highest BCUT2D eigenvalue weighted by atomic mass is 16.5. The highest BCUT2D eigenvalue weighted by Gasteiger charge is 2.08. The zero-order valence-electron chi connectivity index (χ0n) is 16.4. The first-order valence-corrected chi connectivity index (χ1v) is 8.83. The van der Waals surface area contributed by atoms with E-state index < -0.39 is 0 Å². The molecule has 0 aliphatic carbocycles. The van der Waals surface area contributed by atoms with Gasteiger partial charge in [0, 0.05) is 18.7 Å². The molecule has 0 amide bonds. The van der Waals surface area contributed by atoms with Gasteiger partial charge in [0.15, 0.2) is 0 Å². The molecule has 7 nitrogen and oxygen atoms in total. The lowest BCUT2D eigenvalue weighted by Crippen LogP contribution is -2.05. The molecule has 2 aromatic carbocycles. The number of hydrogen-bond donors (Lipinski definition) is 2. The molecule has 3 rings (SSSR count). The van der Waals surface area contributed by atoms with Crippen molar-refractivity contribution in [1.82, 2.24) is 9.97 Å². The fourth-order valence-corrected chi connectivity index (χ4v) is 2.70. The second-order valence-electron chi connectivity index (χ2n) is 6.08. The Bertz CT molecular complexity index is 929. The summed E-state index contributed by atoms with van der Waals surface area (Å²) in [5.74, 6) is 4.30. The highest BCUT2D eigenvalue weighted by Crippen LogP contribution is 2.31. The maximum absolute atomic E-state index is 5.43. The Morgan fingerprint density at radius 2 is 1.46 bits per heavy atom. The van der Waals surface area contributed by atoms with Gasteiger partial charge < -0.3 is 24.8 Å². The number of aromatic nitrogens is 2. The zero-order chi connectivity index (χ0) is 19.9. The number of nitrogens with one attached hydrogen (secondary N) is 2. The number of methoxy groups -OCH3 is 3. The Labute approximate surface area is 164 Å². The summed E-state index contributed by atoms with van der Waals surface area (Å²) in [7, 11) is 4.90. The monoisotopic (exact) mass is 380 g/mol. The smallest absolute Gasteiger partial charge is 0.146 e. The second-order valence-corrected chi connectivity index (χ2v) is 6.08. The average molecular weight is 380 g/mol. The first kappa shape index (κ1) is 19.3. The molecule has 0 bridgehead atoms. The summed E-state index contributed by atoms with van der Waals surface area (Å²) in [6, 6.07) is 15.3. The van der Waals surface area contributed by atoms with Gasteiger partial charge in [-0.3, -0.25) is 0 Å². The Balaban J connectivity index is 1.74. The van der Waals surface area contributed by atoms with Crippen LogP contribution >= 0.6 is 0 Å². The fourth-order valence-electron chi connectivity index (χ4n) is 2.70. The quantitative estimate of drug-likeness (QED) is 0.607. The molecule has 3 aromatic rings. The summed E-state index contributed by atoms with van der Waals surface area (Å²) < 4.78 is 15.9. The molecule has 0 saturated carbocycles. The van der Waals surface area contributed by atoms with Gasteiger partial charge in [-0.15, -0.1) is 0 Å². The van der Waals surface area contributed by atoms with Gasteiger partial charge in [0.25, 0.3) is 0 Å². The van der Waals surface area contributed by atoms with Crippen LogP contribution in [0.2, 0.25) is 0 Å². The molecular weight excluding hydrogens is 356 g/mol. The van der Waals surface area contributed by atoms with Crippen LogP contribution in [0.1, 0.15) is 11.4 Å². The van der Waals surface area contributed by atoms with Gasteiger partial charge in [-0.05, 0) is 36.8 Å². The first-order valence-electron chi connectivity index (χ1n) is 8.83. The summed E-state index contributed by atoms with van der Waals surface area (Å²) in [4.78, 5) is 8.92. The number of anilines is 3. The van der Waals surface area contributed by atoms with Gasteiger partial charge in [0.2, 0.25) is 0 Å². The standard InChI is InChI=1S/C21H24N4O3/c1-14-23-20(22-13-15-5-7-16(26-2)8-6-15)12-21(24-14)25-18-10-9-17(27-3)11-19(18)28-4/h5-12H,13H2,1-4H3,(H2,22,23,24,25). The second kappa shape index (κ2) is 8.94. The third kappa shape index (κ3) is 4.82. The summed E-state index contributed by atoms with van der Waals surface area (Å²) in [5, 5.41) is 6.61. The van der Waals surface area contributed by atoms with Crippen LogP contribution in [-0.2, 0) is 6.54 Å². The minimum atomic E-state index is 0.645. The first-order chi connectivity index (χ1) is 13.6. The van der Waals surface area contributed by atoms with Gasteiger partial charge >= 0.3 is 0 Å². The third-order valence-corrected chi connectivity index (χ3v) is 4.14. The van der Waals surface area contributed by atoms with Gasteiger partial charge in [-0.25, -0.2) is 9.97 Å². The van der Waals surface area contributed by atoms with Gasteiger partial charge in [-0.1, -0.05) is 12.1 Å². The highest BCUT2D eigenvalue weighted by molar-refractivity contribution is 5.67. The van der Waals surface area contributed by atoms with Crippen molar-refractivity contribution in [3.63, 3.8) is 0 Å². The predicted molar refractivity (Wildman–Crippen MR) is 110 cm³/mol. The molecule has 1 heterocycles. The molecule has 0 aliphatic rings. The van der Waals surface area contributed by atoms with E-state index in [1.54, 1.807) is 21.3 Å². The van der Waals surface area contributed by atoms with E-state index in [1.165, 1.54) is 0 Å². The van der Waals surface area contributed by atoms with Crippen LogP contribution in [0.15, 0.2) is 48.5 Å². The fraction of sp³-hybridized carbons (Fsp3) is 0.238. The lowest BCUT2D eigenvalue weighted by atomic mass is 10.2. The van der Waals surface area contributed by atoms with E-state index in [2.05, 4.69) is 20.6 Å². The van der Waals surface area contributed by atoms with Crippen LogP contribution in [0, 0.1) is 6.92 Å². The predicted octanol–water partition coefficient (Wildman–Crippen LogP) is 4.17. The molecule has 1 aromatic heterocycles. The van der Waals surface area contributed by atoms with E-state index in [0.717, 1.165) is 28.6 Å². The van der Waals surface area contributed by atoms with E-state index in [-0.39, 0.29) is 0 Å². The molecule has 0 saturated heterocycles. The van der Waals surface area contributed by atoms with E-state index >= 15 is 0 Å². The van der Waals surface area contributed by atoms with Crippen LogP contribution < -0.4 is 24.8 Å². The molecule has 0 radical (unpaired) electrons. The Kier molecular flexibility index (Phi) is 6.16. The minimum absolute atomic E-state index is 0.645.